The Morgan fingerprint density at radius 1 is 1.38 bits per heavy atom. The van der Waals surface area contributed by atoms with Gasteiger partial charge in [-0.05, 0) is 26.7 Å². The molecule has 0 aliphatic carbocycles. The summed E-state index contributed by atoms with van der Waals surface area (Å²) in [4.78, 5) is 8.72. The van der Waals surface area contributed by atoms with Gasteiger partial charge in [0.25, 0.3) is 0 Å². The van der Waals surface area contributed by atoms with Gasteiger partial charge >= 0.3 is 0 Å². The van der Waals surface area contributed by atoms with Gasteiger partial charge in [-0.1, -0.05) is 12.1 Å². The van der Waals surface area contributed by atoms with Crippen molar-refractivity contribution in [2.75, 3.05) is 0 Å². The SMILES string of the molecule is O=CBr.c1ccsc1. The summed E-state index contributed by atoms with van der Waals surface area (Å²) >= 11 is 4.18. The average molecular weight is 193 g/mol. The minimum absolute atomic E-state index is 0.562. The van der Waals surface area contributed by atoms with Gasteiger partial charge in [-0.2, -0.15) is 11.3 Å². The second-order valence-corrected chi connectivity index (χ2v) is 2.07. The number of carbonyl (C=O) groups is 1. The van der Waals surface area contributed by atoms with E-state index in [1.165, 1.54) is 0 Å². The van der Waals surface area contributed by atoms with Crippen LogP contribution >= 0.6 is 27.3 Å². The van der Waals surface area contributed by atoms with Crippen molar-refractivity contribution < 1.29 is 4.79 Å². The predicted molar refractivity (Wildman–Crippen MR) is 40.0 cm³/mol. The molecule has 0 aliphatic rings. The summed E-state index contributed by atoms with van der Waals surface area (Å²) in [5.74, 6) is 0. The zero-order valence-electron chi connectivity index (χ0n) is 4.08. The minimum Gasteiger partial charge on any atom is -0.290 e. The lowest BCUT2D eigenvalue weighted by Gasteiger charge is -1.39. The fraction of sp³-hybridized carbons (Fsp3) is 0. The first-order valence-electron chi connectivity index (χ1n) is 1.93. The molecule has 0 atom stereocenters. The predicted octanol–water partition coefficient (Wildman–Crippen LogP) is 2.32. The van der Waals surface area contributed by atoms with Gasteiger partial charge in [0.05, 0.1) is 0 Å². The Hall–Kier alpha value is -0.150. The van der Waals surface area contributed by atoms with Crippen LogP contribution in [0.5, 0.6) is 0 Å². The number of hydrogen-bond donors (Lipinski definition) is 0. The van der Waals surface area contributed by atoms with Crippen molar-refractivity contribution in [2.45, 2.75) is 0 Å². The number of rotatable bonds is 0. The molecular weight excluding hydrogens is 188 g/mol. The zero-order chi connectivity index (χ0) is 6.24. The van der Waals surface area contributed by atoms with E-state index in [1.807, 2.05) is 22.9 Å². The van der Waals surface area contributed by atoms with Gasteiger partial charge in [-0.3, -0.25) is 4.79 Å². The Labute approximate surface area is 60.5 Å². The third kappa shape index (κ3) is 5.85. The van der Waals surface area contributed by atoms with Gasteiger partial charge in [0, 0.05) is 0 Å². The summed E-state index contributed by atoms with van der Waals surface area (Å²) in [6, 6.07) is 4.04. The van der Waals surface area contributed by atoms with Gasteiger partial charge in [0.1, 0.15) is 0 Å². The summed E-state index contributed by atoms with van der Waals surface area (Å²) in [7, 11) is 0. The van der Waals surface area contributed by atoms with E-state index in [1.54, 1.807) is 11.3 Å². The van der Waals surface area contributed by atoms with E-state index in [4.69, 9.17) is 4.79 Å². The number of carbonyl (C=O) groups excluding carboxylic acids is 1. The molecule has 44 valence electrons. The van der Waals surface area contributed by atoms with Crippen LogP contribution < -0.4 is 0 Å². The van der Waals surface area contributed by atoms with E-state index in [0.717, 1.165) is 0 Å². The Morgan fingerprint density at radius 2 is 1.75 bits per heavy atom. The largest absolute Gasteiger partial charge is 0.290 e. The molecule has 1 heterocycles. The van der Waals surface area contributed by atoms with Gasteiger partial charge in [0.15, 0.2) is 5.20 Å². The Balaban J connectivity index is 0.000000145. The summed E-state index contributed by atoms with van der Waals surface area (Å²) < 4.78 is 0. The topological polar surface area (TPSA) is 17.1 Å². The van der Waals surface area contributed by atoms with E-state index in [-0.39, 0.29) is 0 Å². The third-order valence-corrected chi connectivity index (χ3v) is 1.05. The van der Waals surface area contributed by atoms with E-state index < -0.39 is 0 Å². The molecule has 0 fully saturated rings. The third-order valence-electron chi connectivity index (χ3n) is 0.425. The molecule has 8 heavy (non-hydrogen) atoms. The van der Waals surface area contributed by atoms with Crippen molar-refractivity contribution in [1.29, 1.82) is 0 Å². The van der Waals surface area contributed by atoms with E-state index in [9.17, 15) is 0 Å². The first-order valence-corrected chi connectivity index (χ1v) is 3.78. The van der Waals surface area contributed by atoms with Crippen LogP contribution in [-0.2, 0) is 4.79 Å². The Morgan fingerprint density at radius 3 is 1.88 bits per heavy atom. The fourth-order valence-electron chi connectivity index (χ4n) is 0.227. The first-order chi connectivity index (χ1) is 3.91. The molecular formula is C5H5BrOS. The number of thiophene rings is 1. The second-order valence-electron chi connectivity index (χ2n) is 0.882. The lowest BCUT2D eigenvalue weighted by atomic mass is 10.7. The van der Waals surface area contributed by atoms with Crippen LogP contribution in [0.1, 0.15) is 0 Å². The maximum Gasteiger partial charge on any atom is 0.185 e. The second kappa shape index (κ2) is 6.85. The van der Waals surface area contributed by atoms with E-state index in [2.05, 4.69) is 15.9 Å². The van der Waals surface area contributed by atoms with Crippen LogP contribution in [0.15, 0.2) is 22.9 Å². The standard InChI is InChI=1S/C4H4S.CHBrO/c1-2-4-5-3-1;2-1-3/h1-4H;1H. The molecule has 0 saturated carbocycles. The van der Waals surface area contributed by atoms with Crippen molar-refractivity contribution in [1.82, 2.24) is 0 Å². The normalized spacial score (nSPS) is 6.62. The van der Waals surface area contributed by atoms with Crippen molar-refractivity contribution in [2.24, 2.45) is 0 Å². The molecule has 0 radical (unpaired) electrons. The van der Waals surface area contributed by atoms with Crippen molar-refractivity contribution in [3.63, 3.8) is 0 Å². The molecule has 0 spiro atoms. The van der Waals surface area contributed by atoms with Crippen LogP contribution in [0.25, 0.3) is 0 Å². The van der Waals surface area contributed by atoms with Crippen LogP contribution in [0.2, 0.25) is 0 Å². The fourth-order valence-corrected chi connectivity index (χ4v) is 0.680. The Kier molecular flexibility index (Phi) is 6.72. The van der Waals surface area contributed by atoms with Crippen LogP contribution in [0.4, 0.5) is 0 Å². The molecule has 0 aliphatic heterocycles. The van der Waals surface area contributed by atoms with Gasteiger partial charge in [-0.15, -0.1) is 0 Å². The zero-order valence-corrected chi connectivity index (χ0v) is 6.48. The first kappa shape index (κ1) is 7.85. The molecule has 1 nitrogen and oxygen atoms in total. The smallest absolute Gasteiger partial charge is 0.185 e. The van der Waals surface area contributed by atoms with Gasteiger partial charge in [-0.25, -0.2) is 0 Å². The highest BCUT2D eigenvalue weighted by molar-refractivity contribution is 9.17. The Bertz CT molecular complexity index is 98.8. The van der Waals surface area contributed by atoms with E-state index >= 15 is 0 Å². The highest BCUT2D eigenvalue weighted by atomic mass is 79.9. The van der Waals surface area contributed by atoms with Gasteiger partial charge < -0.3 is 0 Å². The molecule has 0 N–H and O–H groups in total. The van der Waals surface area contributed by atoms with Crippen LogP contribution in [0, 0.1) is 0 Å². The lowest BCUT2D eigenvalue weighted by Crippen LogP contribution is -1.22. The van der Waals surface area contributed by atoms with Crippen LogP contribution in [0.3, 0.4) is 0 Å². The lowest BCUT2D eigenvalue weighted by molar-refractivity contribution is 0.571. The molecule has 0 unspecified atom stereocenters. The molecule has 0 amide bonds. The molecule has 0 saturated heterocycles. The summed E-state index contributed by atoms with van der Waals surface area (Å²) in [6.07, 6.45) is 0. The van der Waals surface area contributed by atoms with Gasteiger partial charge in [0.2, 0.25) is 0 Å². The maximum absolute atomic E-state index is 8.72. The minimum atomic E-state index is 0.562. The van der Waals surface area contributed by atoms with Crippen molar-refractivity contribution in [3.05, 3.63) is 22.9 Å². The monoisotopic (exact) mass is 192 g/mol. The average Bonchev–Trinajstić information content (AvgIpc) is 2.17. The van der Waals surface area contributed by atoms with Crippen LogP contribution in [-0.4, -0.2) is 5.20 Å². The summed E-state index contributed by atoms with van der Waals surface area (Å²) in [5, 5.41) is 4.65. The maximum atomic E-state index is 8.72. The van der Waals surface area contributed by atoms with Crippen molar-refractivity contribution in [3.8, 4) is 0 Å². The highest BCUT2D eigenvalue weighted by Gasteiger charge is 1.58. The molecule has 1 aromatic rings. The van der Waals surface area contributed by atoms with Crippen molar-refractivity contribution >= 4 is 32.5 Å². The molecule has 0 bridgehead atoms. The molecule has 1 rings (SSSR count). The number of hydrogen-bond acceptors (Lipinski definition) is 2. The number of halogens is 1. The molecule has 3 heteroatoms. The quantitative estimate of drug-likeness (QED) is 0.456. The van der Waals surface area contributed by atoms with E-state index in [0.29, 0.717) is 5.20 Å². The summed E-state index contributed by atoms with van der Waals surface area (Å²) in [5.41, 5.74) is 0. The summed E-state index contributed by atoms with van der Waals surface area (Å²) in [6.45, 7) is 0. The highest BCUT2D eigenvalue weighted by Crippen LogP contribution is 1.91. The molecule has 1 aromatic heterocycles. The molecule has 0 aromatic carbocycles.